The van der Waals surface area contributed by atoms with Crippen molar-refractivity contribution in [1.82, 2.24) is 0 Å². The lowest BCUT2D eigenvalue weighted by Gasteiger charge is -2.21. The predicted octanol–water partition coefficient (Wildman–Crippen LogP) is 1.48. The van der Waals surface area contributed by atoms with Gasteiger partial charge in [-0.15, -0.1) is 6.58 Å². The first-order chi connectivity index (χ1) is 5.51. The van der Waals surface area contributed by atoms with Crippen molar-refractivity contribution in [3.63, 3.8) is 0 Å². The van der Waals surface area contributed by atoms with Crippen molar-refractivity contribution in [3.05, 3.63) is 12.7 Å². The fraction of sp³-hybridized carbons (Fsp3) is 0.429. The van der Waals surface area contributed by atoms with Crippen LogP contribution in [0.4, 0.5) is 0 Å². The van der Waals surface area contributed by atoms with Gasteiger partial charge in [-0.1, -0.05) is 6.08 Å². The molecule has 0 atom stereocenters. The van der Waals surface area contributed by atoms with E-state index in [9.17, 15) is 9.59 Å². The Kier molecular flexibility index (Phi) is 4.45. The zero-order valence-corrected chi connectivity index (χ0v) is 7.98. The zero-order chi connectivity index (χ0) is 9.78. The SMILES string of the molecule is C=CCC(OC)(C(=O)Cl)C(=O)Cl. The van der Waals surface area contributed by atoms with Crippen LogP contribution in [0.5, 0.6) is 0 Å². The van der Waals surface area contributed by atoms with E-state index < -0.39 is 16.1 Å². The van der Waals surface area contributed by atoms with Gasteiger partial charge >= 0.3 is 0 Å². The second-order valence-corrected chi connectivity index (χ2v) is 2.76. The maximum atomic E-state index is 10.8. The quantitative estimate of drug-likeness (QED) is 0.393. The van der Waals surface area contributed by atoms with Gasteiger partial charge < -0.3 is 4.74 Å². The van der Waals surface area contributed by atoms with E-state index >= 15 is 0 Å². The molecule has 0 bridgehead atoms. The summed E-state index contributed by atoms with van der Waals surface area (Å²) in [5, 5.41) is -1.88. The molecular weight excluding hydrogens is 203 g/mol. The van der Waals surface area contributed by atoms with Crippen LogP contribution in [-0.4, -0.2) is 23.2 Å². The predicted molar refractivity (Wildman–Crippen MR) is 46.3 cm³/mol. The summed E-state index contributed by atoms with van der Waals surface area (Å²) in [5.74, 6) is 0. The van der Waals surface area contributed by atoms with E-state index in [1.165, 1.54) is 13.2 Å². The molecule has 0 amide bonds. The van der Waals surface area contributed by atoms with E-state index in [1.54, 1.807) is 0 Å². The van der Waals surface area contributed by atoms with Gasteiger partial charge in [-0.3, -0.25) is 9.59 Å². The lowest BCUT2D eigenvalue weighted by atomic mass is 10.0. The standard InChI is InChI=1S/C7H8Cl2O3/c1-3-4-7(12-2,5(8)10)6(9)11/h3H,1,4H2,2H3. The van der Waals surface area contributed by atoms with Crippen molar-refractivity contribution in [2.45, 2.75) is 12.0 Å². The first-order valence-corrected chi connectivity index (χ1v) is 3.82. The normalized spacial score (nSPS) is 10.9. The summed E-state index contributed by atoms with van der Waals surface area (Å²) in [4.78, 5) is 21.6. The Balaban J connectivity index is 4.88. The third kappa shape index (κ3) is 2.06. The van der Waals surface area contributed by atoms with Gasteiger partial charge in [0.1, 0.15) is 0 Å². The summed E-state index contributed by atoms with van der Waals surface area (Å²) < 4.78 is 4.67. The molecule has 0 aromatic heterocycles. The number of rotatable bonds is 5. The highest BCUT2D eigenvalue weighted by Gasteiger charge is 2.43. The van der Waals surface area contributed by atoms with Crippen LogP contribution in [0.3, 0.4) is 0 Å². The molecule has 0 unspecified atom stereocenters. The average Bonchev–Trinajstić information content (AvgIpc) is 1.98. The smallest absolute Gasteiger partial charge is 0.262 e. The van der Waals surface area contributed by atoms with Gasteiger partial charge in [0.05, 0.1) is 0 Å². The number of carbonyl (C=O) groups is 2. The molecule has 0 aliphatic carbocycles. The van der Waals surface area contributed by atoms with Crippen LogP contribution in [0.25, 0.3) is 0 Å². The number of ether oxygens (including phenoxy) is 1. The second-order valence-electron chi connectivity index (χ2n) is 2.07. The van der Waals surface area contributed by atoms with Crippen molar-refractivity contribution >= 4 is 33.7 Å². The van der Waals surface area contributed by atoms with E-state index in [0.717, 1.165) is 0 Å². The molecule has 12 heavy (non-hydrogen) atoms. The lowest BCUT2D eigenvalue weighted by Crippen LogP contribution is -2.43. The zero-order valence-electron chi connectivity index (χ0n) is 6.47. The fourth-order valence-corrected chi connectivity index (χ4v) is 1.21. The maximum absolute atomic E-state index is 10.8. The average molecular weight is 211 g/mol. The Labute approximate surface area is 80.3 Å². The third-order valence-corrected chi connectivity index (χ3v) is 2.03. The number of carbonyl (C=O) groups excluding carboxylic acids is 2. The molecule has 3 nitrogen and oxygen atoms in total. The molecule has 0 aromatic rings. The van der Waals surface area contributed by atoms with E-state index in [1.807, 2.05) is 0 Å². The Morgan fingerprint density at radius 3 is 2.00 bits per heavy atom. The second kappa shape index (κ2) is 4.60. The lowest BCUT2D eigenvalue weighted by molar-refractivity contribution is -0.143. The van der Waals surface area contributed by atoms with Crippen LogP contribution in [0, 0.1) is 0 Å². The van der Waals surface area contributed by atoms with Crippen molar-refractivity contribution < 1.29 is 14.3 Å². The van der Waals surface area contributed by atoms with Crippen LogP contribution >= 0.6 is 23.2 Å². The maximum Gasteiger partial charge on any atom is 0.262 e. The third-order valence-electron chi connectivity index (χ3n) is 1.42. The Morgan fingerprint density at radius 2 is 1.92 bits per heavy atom. The molecule has 0 radical (unpaired) electrons. The highest BCUT2D eigenvalue weighted by Crippen LogP contribution is 2.22. The van der Waals surface area contributed by atoms with Crippen LogP contribution in [-0.2, 0) is 14.3 Å². The van der Waals surface area contributed by atoms with Crippen molar-refractivity contribution in [3.8, 4) is 0 Å². The molecule has 0 fully saturated rings. The topological polar surface area (TPSA) is 43.4 Å². The molecule has 0 saturated carbocycles. The first kappa shape index (κ1) is 11.6. The van der Waals surface area contributed by atoms with Gasteiger partial charge in [0.25, 0.3) is 10.5 Å². The monoisotopic (exact) mass is 210 g/mol. The van der Waals surface area contributed by atoms with E-state index in [4.69, 9.17) is 23.2 Å². The molecular formula is C7H8Cl2O3. The van der Waals surface area contributed by atoms with E-state index in [0.29, 0.717) is 0 Å². The molecule has 0 saturated heterocycles. The minimum absolute atomic E-state index is 0.0336. The number of hydrogen-bond donors (Lipinski definition) is 0. The summed E-state index contributed by atoms with van der Waals surface area (Å²) >= 11 is 10.3. The number of methoxy groups -OCH3 is 1. The van der Waals surface area contributed by atoms with Gasteiger partial charge in [0.2, 0.25) is 5.60 Å². The van der Waals surface area contributed by atoms with Crippen molar-refractivity contribution in [2.24, 2.45) is 0 Å². The molecule has 0 spiro atoms. The van der Waals surface area contributed by atoms with Crippen LogP contribution < -0.4 is 0 Å². The molecule has 0 heterocycles. The summed E-state index contributed by atoms with van der Waals surface area (Å²) in [6, 6.07) is 0. The number of hydrogen-bond acceptors (Lipinski definition) is 3. The van der Waals surface area contributed by atoms with E-state index in [2.05, 4.69) is 11.3 Å². The fourth-order valence-electron chi connectivity index (χ4n) is 0.685. The Morgan fingerprint density at radius 1 is 1.50 bits per heavy atom. The summed E-state index contributed by atoms with van der Waals surface area (Å²) in [7, 11) is 1.18. The van der Waals surface area contributed by atoms with Gasteiger partial charge in [-0.2, -0.15) is 0 Å². The highest BCUT2D eigenvalue weighted by molar-refractivity contribution is 6.76. The Bertz CT molecular complexity index is 199. The van der Waals surface area contributed by atoms with Gasteiger partial charge in [0, 0.05) is 13.5 Å². The largest absolute Gasteiger partial charge is 0.360 e. The molecule has 0 aliphatic heterocycles. The van der Waals surface area contributed by atoms with Crippen LogP contribution in [0.1, 0.15) is 6.42 Å². The minimum Gasteiger partial charge on any atom is -0.360 e. The molecule has 0 aromatic carbocycles. The van der Waals surface area contributed by atoms with Crippen LogP contribution in [0.2, 0.25) is 0 Å². The van der Waals surface area contributed by atoms with Gasteiger partial charge in [-0.05, 0) is 23.2 Å². The molecule has 0 rings (SSSR count). The molecule has 0 N–H and O–H groups in total. The summed E-state index contributed by atoms with van der Waals surface area (Å²) in [5.41, 5.74) is -1.77. The summed E-state index contributed by atoms with van der Waals surface area (Å²) in [6.45, 7) is 3.36. The number of halogens is 2. The van der Waals surface area contributed by atoms with Crippen LogP contribution in [0.15, 0.2) is 12.7 Å². The van der Waals surface area contributed by atoms with Crippen molar-refractivity contribution in [2.75, 3.05) is 7.11 Å². The molecule has 5 heteroatoms. The first-order valence-electron chi connectivity index (χ1n) is 3.07. The minimum atomic E-state index is -1.77. The van der Waals surface area contributed by atoms with Crippen molar-refractivity contribution in [1.29, 1.82) is 0 Å². The van der Waals surface area contributed by atoms with Gasteiger partial charge in [0.15, 0.2) is 0 Å². The molecule has 0 aliphatic rings. The van der Waals surface area contributed by atoms with Gasteiger partial charge in [-0.25, -0.2) is 0 Å². The highest BCUT2D eigenvalue weighted by atomic mass is 35.5. The Hall–Kier alpha value is -0.380. The molecule has 68 valence electrons. The summed E-state index contributed by atoms with van der Waals surface area (Å²) in [6.07, 6.45) is 1.30. The van der Waals surface area contributed by atoms with E-state index in [-0.39, 0.29) is 6.42 Å².